The second kappa shape index (κ2) is 11.1. The summed E-state index contributed by atoms with van der Waals surface area (Å²) in [6.45, 7) is 0. The third-order valence-corrected chi connectivity index (χ3v) is 8.20. The molecule has 3 aromatic carbocycles. The van der Waals surface area contributed by atoms with Crippen LogP contribution in [0.2, 0.25) is 10.0 Å². The highest BCUT2D eigenvalue weighted by atomic mass is 35.5. The SMILES string of the molecule is CS(=O)(=O)c1ccc(CC2OC(c3ccc(Cl)cc3)C(c3ccc(Cl)cc3)N(c3cccnc3)C2=O)c(F)c1. The lowest BCUT2D eigenvalue weighted by Crippen LogP contribution is -2.52. The van der Waals surface area contributed by atoms with Gasteiger partial charge in [0.15, 0.2) is 9.84 Å². The molecule has 2 heterocycles. The van der Waals surface area contributed by atoms with Gasteiger partial charge in [-0.2, -0.15) is 0 Å². The number of benzene rings is 3. The van der Waals surface area contributed by atoms with E-state index in [4.69, 9.17) is 27.9 Å². The van der Waals surface area contributed by atoms with Crippen molar-refractivity contribution >= 4 is 44.6 Å². The van der Waals surface area contributed by atoms with Crippen molar-refractivity contribution in [1.82, 2.24) is 4.98 Å². The lowest BCUT2D eigenvalue weighted by molar-refractivity contribution is -0.145. The molecule has 10 heteroatoms. The Kier molecular flexibility index (Phi) is 7.73. The maximum absolute atomic E-state index is 15.0. The second-order valence-electron chi connectivity index (χ2n) is 9.24. The van der Waals surface area contributed by atoms with Crippen LogP contribution in [0.3, 0.4) is 0 Å². The molecule has 1 amide bonds. The lowest BCUT2D eigenvalue weighted by Gasteiger charge is -2.44. The summed E-state index contributed by atoms with van der Waals surface area (Å²) in [6.07, 6.45) is 2.36. The number of carbonyl (C=O) groups excluding carboxylic acids is 1. The van der Waals surface area contributed by atoms with E-state index in [1.807, 2.05) is 24.3 Å². The monoisotopic (exact) mass is 584 g/mol. The van der Waals surface area contributed by atoms with Crippen LogP contribution in [0.1, 0.15) is 28.8 Å². The van der Waals surface area contributed by atoms with Gasteiger partial charge in [-0.15, -0.1) is 0 Å². The summed E-state index contributed by atoms with van der Waals surface area (Å²) in [6, 6.07) is 20.8. The standard InChI is InChI=1S/C29H23Cl2FN2O4S/c1-39(36,37)24-13-8-20(25(32)16-24)15-26-29(35)34(23-3-2-14-33-17-23)27(18-4-9-21(30)10-5-18)28(38-26)19-6-11-22(31)12-7-19/h2-14,16-17,26-28H,15H2,1H3. The Morgan fingerprint density at radius 3 is 2.15 bits per heavy atom. The van der Waals surface area contributed by atoms with Crippen LogP contribution in [0.4, 0.5) is 10.1 Å². The first-order valence-electron chi connectivity index (χ1n) is 12.0. The van der Waals surface area contributed by atoms with E-state index >= 15 is 4.39 Å². The number of halogens is 3. The second-order valence-corrected chi connectivity index (χ2v) is 12.1. The fraction of sp³-hybridized carbons (Fsp3) is 0.172. The van der Waals surface area contributed by atoms with Crippen LogP contribution in [0.5, 0.6) is 0 Å². The summed E-state index contributed by atoms with van der Waals surface area (Å²) in [5.41, 5.74) is 2.24. The smallest absolute Gasteiger partial charge is 0.257 e. The van der Waals surface area contributed by atoms with Gasteiger partial charge in [0.25, 0.3) is 5.91 Å². The molecule has 200 valence electrons. The topological polar surface area (TPSA) is 76.6 Å². The fourth-order valence-corrected chi connectivity index (χ4v) is 5.56. The summed E-state index contributed by atoms with van der Waals surface area (Å²) in [7, 11) is -3.59. The Morgan fingerprint density at radius 1 is 0.949 bits per heavy atom. The van der Waals surface area contributed by atoms with E-state index in [0.29, 0.717) is 15.7 Å². The lowest BCUT2D eigenvalue weighted by atomic mass is 9.90. The number of carbonyl (C=O) groups is 1. The largest absolute Gasteiger partial charge is 0.358 e. The Bertz CT molecular complexity index is 1600. The summed E-state index contributed by atoms with van der Waals surface area (Å²) in [5.74, 6) is -1.12. The van der Waals surface area contributed by atoms with Crippen LogP contribution in [0, 0.1) is 5.82 Å². The molecule has 4 aromatic rings. The summed E-state index contributed by atoms with van der Waals surface area (Å²) >= 11 is 12.3. The molecule has 0 N–H and O–H groups in total. The van der Waals surface area contributed by atoms with E-state index in [0.717, 1.165) is 23.4 Å². The third-order valence-electron chi connectivity index (χ3n) is 6.58. The van der Waals surface area contributed by atoms with Crippen molar-refractivity contribution in [2.75, 3.05) is 11.2 Å². The van der Waals surface area contributed by atoms with E-state index in [-0.39, 0.29) is 22.8 Å². The Balaban J connectivity index is 1.62. The number of aromatic nitrogens is 1. The van der Waals surface area contributed by atoms with Crippen molar-refractivity contribution in [2.24, 2.45) is 0 Å². The molecule has 1 saturated heterocycles. The fourth-order valence-electron chi connectivity index (χ4n) is 4.68. The maximum atomic E-state index is 15.0. The van der Waals surface area contributed by atoms with Crippen molar-refractivity contribution in [2.45, 2.75) is 29.6 Å². The van der Waals surface area contributed by atoms with Crippen molar-refractivity contribution < 1.29 is 22.3 Å². The molecule has 0 bridgehead atoms. The number of pyridine rings is 1. The van der Waals surface area contributed by atoms with Crippen LogP contribution < -0.4 is 4.90 Å². The highest BCUT2D eigenvalue weighted by molar-refractivity contribution is 7.90. The molecule has 1 aliphatic heterocycles. The molecule has 0 aliphatic carbocycles. The third kappa shape index (κ3) is 5.84. The Hall–Kier alpha value is -3.30. The van der Waals surface area contributed by atoms with Gasteiger partial charge in [-0.25, -0.2) is 12.8 Å². The molecule has 0 spiro atoms. The number of nitrogens with zero attached hydrogens (tertiary/aromatic N) is 2. The summed E-state index contributed by atoms with van der Waals surface area (Å²) < 4.78 is 45.3. The summed E-state index contributed by atoms with van der Waals surface area (Å²) in [4.78, 5) is 19.7. The summed E-state index contributed by atoms with van der Waals surface area (Å²) in [5, 5.41) is 1.09. The van der Waals surface area contributed by atoms with Gasteiger partial charge in [-0.05, 0) is 65.2 Å². The normalized spacial score (nSPS) is 19.7. The van der Waals surface area contributed by atoms with Gasteiger partial charge >= 0.3 is 0 Å². The number of hydrogen-bond acceptors (Lipinski definition) is 5. The molecule has 5 rings (SSSR count). The number of sulfone groups is 1. The first kappa shape index (κ1) is 27.3. The molecule has 0 saturated carbocycles. The number of rotatable bonds is 6. The minimum Gasteiger partial charge on any atom is -0.358 e. The zero-order valence-corrected chi connectivity index (χ0v) is 23.0. The number of ether oxygens (including phenoxy) is 1. The Labute approximate surface area is 235 Å². The van der Waals surface area contributed by atoms with Crippen molar-refractivity contribution in [3.63, 3.8) is 0 Å². The maximum Gasteiger partial charge on any atom is 0.257 e. The average Bonchev–Trinajstić information content (AvgIpc) is 2.91. The molecule has 0 radical (unpaired) electrons. The molecule has 3 atom stereocenters. The van der Waals surface area contributed by atoms with Crippen LogP contribution in [0.25, 0.3) is 0 Å². The van der Waals surface area contributed by atoms with Crippen LogP contribution in [-0.2, 0) is 25.8 Å². The van der Waals surface area contributed by atoms with E-state index in [1.54, 1.807) is 53.7 Å². The number of hydrogen-bond donors (Lipinski definition) is 0. The van der Waals surface area contributed by atoms with Gasteiger partial charge in [0.05, 0.1) is 22.8 Å². The highest BCUT2D eigenvalue weighted by Crippen LogP contribution is 2.45. The average molecular weight is 585 g/mol. The minimum atomic E-state index is -3.59. The minimum absolute atomic E-state index is 0.108. The van der Waals surface area contributed by atoms with Crippen molar-refractivity contribution in [3.8, 4) is 0 Å². The number of anilines is 1. The van der Waals surface area contributed by atoms with Gasteiger partial charge in [0.1, 0.15) is 18.0 Å². The van der Waals surface area contributed by atoms with Gasteiger partial charge in [-0.3, -0.25) is 14.7 Å². The van der Waals surface area contributed by atoms with Crippen molar-refractivity contribution in [3.05, 3.63) is 124 Å². The molecule has 3 unspecified atom stereocenters. The molecule has 1 fully saturated rings. The zero-order valence-electron chi connectivity index (χ0n) is 20.7. The molecule has 6 nitrogen and oxygen atoms in total. The number of amides is 1. The van der Waals surface area contributed by atoms with E-state index in [1.165, 1.54) is 12.1 Å². The highest BCUT2D eigenvalue weighted by Gasteiger charge is 2.45. The van der Waals surface area contributed by atoms with Crippen LogP contribution in [-0.4, -0.2) is 31.7 Å². The predicted molar refractivity (Wildman–Crippen MR) is 148 cm³/mol. The van der Waals surface area contributed by atoms with Crippen LogP contribution >= 0.6 is 23.2 Å². The van der Waals surface area contributed by atoms with Gasteiger partial charge < -0.3 is 4.74 Å². The van der Waals surface area contributed by atoms with Gasteiger partial charge in [0, 0.05) is 28.9 Å². The molecular weight excluding hydrogens is 562 g/mol. The van der Waals surface area contributed by atoms with E-state index in [2.05, 4.69) is 4.98 Å². The predicted octanol–water partition coefficient (Wildman–Crippen LogP) is 6.39. The zero-order chi connectivity index (χ0) is 27.7. The molecule has 1 aliphatic rings. The molecular formula is C29H23Cl2FN2O4S. The van der Waals surface area contributed by atoms with Gasteiger partial charge in [-0.1, -0.05) is 53.5 Å². The Morgan fingerprint density at radius 2 is 1.59 bits per heavy atom. The first-order chi connectivity index (χ1) is 18.6. The van der Waals surface area contributed by atoms with E-state index in [9.17, 15) is 13.2 Å². The first-order valence-corrected chi connectivity index (χ1v) is 14.6. The van der Waals surface area contributed by atoms with Crippen molar-refractivity contribution in [1.29, 1.82) is 0 Å². The number of morpholine rings is 1. The molecule has 39 heavy (non-hydrogen) atoms. The van der Waals surface area contributed by atoms with E-state index < -0.39 is 33.9 Å². The quantitative estimate of drug-likeness (QED) is 0.262. The van der Waals surface area contributed by atoms with Gasteiger partial charge in [0.2, 0.25) is 0 Å². The van der Waals surface area contributed by atoms with Crippen LogP contribution in [0.15, 0.2) is 96.2 Å². The molecule has 1 aromatic heterocycles.